The number of hydrogen-bond donors (Lipinski definition) is 1. The van der Waals surface area contributed by atoms with E-state index in [2.05, 4.69) is 13.8 Å². The number of rotatable bonds is 2. The largest absolute Gasteiger partial charge is 0.480 e. The second-order valence-corrected chi connectivity index (χ2v) is 6.95. The Balaban J connectivity index is 2.43. The summed E-state index contributed by atoms with van der Waals surface area (Å²) in [5.74, 6) is -0.720. The third-order valence-electron chi connectivity index (χ3n) is 3.64. The first kappa shape index (κ1) is 16.3. The van der Waals surface area contributed by atoms with Gasteiger partial charge in [0.05, 0.1) is 5.69 Å². The fraction of sp³-hybridized carbons (Fsp3) is 0.529. The number of carbonyl (C=O) groups excluding carboxylic acids is 1. The Labute approximate surface area is 130 Å². The third-order valence-corrected chi connectivity index (χ3v) is 3.64. The van der Waals surface area contributed by atoms with Crippen LogP contribution in [0.3, 0.4) is 0 Å². The van der Waals surface area contributed by atoms with E-state index < -0.39 is 23.7 Å². The summed E-state index contributed by atoms with van der Waals surface area (Å²) in [6.45, 7) is 9.42. The van der Waals surface area contributed by atoms with Crippen LogP contribution in [0.2, 0.25) is 0 Å². The predicted molar refractivity (Wildman–Crippen MR) is 84.4 cm³/mol. The van der Waals surface area contributed by atoms with Gasteiger partial charge in [-0.3, -0.25) is 4.90 Å². The minimum Gasteiger partial charge on any atom is -0.480 e. The molecule has 5 nitrogen and oxygen atoms in total. The Bertz CT molecular complexity index is 601. The molecule has 0 radical (unpaired) electrons. The molecule has 1 aliphatic heterocycles. The molecule has 2 rings (SSSR count). The van der Waals surface area contributed by atoms with Crippen LogP contribution in [0.5, 0.6) is 0 Å². The Kier molecular flexibility index (Phi) is 4.18. The van der Waals surface area contributed by atoms with Crippen molar-refractivity contribution < 1.29 is 19.4 Å². The van der Waals surface area contributed by atoms with Crippen molar-refractivity contribution in [1.82, 2.24) is 0 Å². The highest BCUT2D eigenvalue weighted by atomic mass is 16.6. The summed E-state index contributed by atoms with van der Waals surface area (Å²) in [7, 11) is 0. The van der Waals surface area contributed by atoms with Crippen molar-refractivity contribution in [1.29, 1.82) is 0 Å². The van der Waals surface area contributed by atoms with E-state index in [1.807, 2.05) is 18.2 Å². The lowest BCUT2D eigenvalue weighted by molar-refractivity contribution is -0.138. The average Bonchev–Trinajstić information content (AvgIpc) is 2.74. The molecule has 1 N–H and O–H groups in total. The molecule has 1 atom stereocenters. The van der Waals surface area contributed by atoms with E-state index in [-0.39, 0.29) is 0 Å². The van der Waals surface area contributed by atoms with Crippen LogP contribution < -0.4 is 4.90 Å². The minimum atomic E-state index is -1.02. The van der Waals surface area contributed by atoms with Gasteiger partial charge in [0.2, 0.25) is 0 Å². The van der Waals surface area contributed by atoms with E-state index in [0.717, 1.165) is 11.1 Å². The van der Waals surface area contributed by atoms with E-state index in [4.69, 9.17) is 4.74 Å². The number of hydrogen-bond acceptors (Lipinski definition) is 3. The van der Waals surface area contributed by atoms with E-state index in [1.54, 1.807) is 20.8 Å². The van der Waals surface area contributed by atoms with Crippen LogP contribution in [0.15, 0.2) is 18.2 Å². The van der Waals surface area contributed by atoms with Gasteiger partial charge in [0.25, 0.3) is 0 Å². The molecule has 0 saturated carbocycles. The molecule has 5 heteroatoms. The molecular formula is C17H23NO4. The number of fused-ring (bicyclic) bond motifs is 1. The number of carboxylic acid groups (broad SMARTS) is 1. The summed E-state index contributed by atoms with van der Waals surface area (Å²) in [5.41, 5.74) is 1.91. The van der Waals surface area contributed by atoms with Crippen LogP contribution in [-0.4, -0.2) is 28.8 Å². The van der Waals surface area contributed by atoms with Gasteiger partial charge in [-0.25, -0.2) is 9.59 Å². The van der Waals surface area contributed by atoms with Crippen LogP contribution in [0.1, 0.15) is 51.7 Å². The highest BCUT2D eigenvalue weighted by molar-refractivity contribution is 5.98. The molecule has 1 amide bonds. The second kappa shape index (κ2) is 5.63. The van der Waals surface area contributed by atoms with Crippen LogP contribution in [0.4, 0.5) is 10.5 Å². The molecule has 22 heavy (non-hydrogen) atoms. The van der Waals surface area contributed by atoms with E-state index >= 15 is 0 Å². The average molecular weight is 305 g/mol. The molecule has 1 aliphatic rings. The molecule has 1 aromatic carbocycles. The maximum atomic E-state index is 12.5. The second-order valence-electron chi connectivity index (χ2n) is 6.95. The van der Waals surface area contributed by atoms with Crippen molar-refractivity contribution >= 4 is 17.7 Å². The van der Waals surface area contributed by atoms with Crippen molar-refractivity contribution in [3.63, 3.8) is 0 Å². The minimum absolute atomic E-state index is 0.301. The quantitative estimate of drug-likeness (QED) is 0.907. The first-order chi connectivity index (χ1) is 10.1. The maximum Gasteiger partial charge on any atom is 0.415 e. The number of carbonyl (C=O) groups is 2. The molecule has 1 aromatic rings. The topological polar surface area (TPSA) is 66.8 Å². The van der Waals surface area contributed by atoms with E-state index in [9.17, 15) is 14.7 Å². The fourth-order valence-electron chi connectivity index (χ4n) is 2.54. The van der Waals surface area contributed by atoms with Crippen molar-refractivity contribution in [3.05, 3.63) is 29.3 Å². The Morgan fingerprint density at radius 1 is 1.32 bits per heavy atom. The standard InChI is InChI=1S/C17H23NO4/c1-10(2)11-6-7-12-9-14(15(19)20)18(13(12)8-11)16(21)22-17(3,4)5/h6-8,10,14H,9H2,1-5H3,(H,19,20)/t14-/m1/s1. The first-order valence-corrected chi connectivity index (χ1v) is 7.48. The normalized spacial score (nSPS) is 17.5. The Hall–Kier alpha value is -2.04. The zero-order valence-electron chi connectivity index (χ0n) is 13.7. The Morgan fingerprint density at radius 2 is 1.95 bits per heavy atom. The number of aliphatic carboxylic acids is 1. The van der Waals surface area contributed by atoms with Gasteiger partial charge in [-0.1, -0.05) is 26.0 Å². The van der Waals surface area contributed by atoms with Crippen molar-refractivity contribution in [2.75, 3.05) is 4.90 Å². The zero-order valence-corrected chi connectivity index (χ0v) is 13.7. The van der Waals surface area contributed by atoms with Gasteiger partial charge in [0, 0.05) is 6.42 Å². The van der Waals surface area contributed by atoms with Crippen LogP contribution in [0, 0.1) is 0 Å². The van der Waals surface area contributed by atoms with Crippen LogP contribution >= 0.6 is 0 Å². The summed E-state index contributed by atoms with van der Waals surface area (Å²) in [4.78, 5) is 25.3. The number of amides is 1. The molecule has 0 aliphatic carbocycles. The van der Waals surface area contributed by atoms with Crippen molar-refractivity contribution in [3.8, 4) is 0 Å². The summed E-state index contributed by atoms with van der Waals surface area (Å²) in [5, 5.41) is 9.43. The number of ether oxygens (including phenoxy) is 1. The Morgan fingerprint density at radius 3 is 2.45 bits per heavy atom. The molecule has 0 bridgehead atoms. The zero-order chi connectivity index (χ0) is 16.7. The SMILES string of the molecule is CC(C)c1ccc2c(c1)N(C(=O)OC(C)(C)C)[C@@H](C(=O)O)C2. The highest BCUT2D eigenvalue weighted by Gasteiger charge is 2.40. The lowest BCUT2D eigenvalue weighted by Gasteiger charge is -2.27. The predicted octanol–water partition coefficient (Wildman–Crippen LogP) is 3.56. The smallest absolute Gasteiger partial charge is 0.415 e. The van der Waals surface area contributed by atoms with Crippen molar-refractivity contribution in [2.24, 2.45) is 0 Å². The molecule has 0 saturated heterocycles. The molecule has 0 fully saturated rings. The van der Waals surface area contributed by atoms with Gasteiger partial charge in [-0.15, -0.1) is 0 Å². The van der Waals surface area contributed by atoms with Crippen molar-refractivity contribution in [2.45, 2.75) is 58.6 Å². The third kappa shape index (κ3) is 3.24. The van der Waals surface area contributed by atoms with Gasteiger partial charge in [0.1, 0.15) is 11.6 Å². The molecular weight excluding hydrogens is 282 g/mol. The molecule has 0 aromatic heterocycles. The first-order valence-electron chi connectivity index (χ1n) is 7.48. The number of nitrogens with zero attached hydrogens (tertiary/aromatic N) is 1. The van der Waals surface area contributed by atoms with E-state index in [1.165, 1.54) is 4.90 Å². The fourth-order valence-corrected chi connectivity index (χ4v) is 2.54. The van der Waals surface area contributed by atoms with Gasteiger partial charge >= 0.3 is 12.1 Å². The lowest BCUT2D eigenvalue weighted by atomic mass is 10.00. The lowest BCUT2D eigenvalue weighted by Crippen LogP contribution is -2.45. The molecule has 0 unspecified atom stereocenters. The summed E-state index contributed by atoms with van der Waals surface area (Å²) < 4.78 is 5.38. The van der Waals surface area contributed by atoms with Gasteiger partial charge < -0.3 is 9.84 Å². The van der Waals surface area contributed by atoms with Gasteiger partial charge in [0.15, 0.2) is 0 Å². The monoisotopic (exact) mass is 305 g/mol. The van der Waals surface area contributed by atoms with E-state index in [0.29, 0.717) is 18.0 Å². The van der Waals surface area contributed by atoms with Gasteiger partial charge in [-0.2, -0.15) is 0 Å². The number of carboxylic acids is 1. The maximum absolute atomic E-state index is 12.5. The highest BCUT2D eigenvalue weighted by Crippen LogP contribution is 2.36. The molecule has 120 valence electrons. The van der Waals surface area contributed by atoms with Gasteiger partial charge in [-0.05, 0) is 43.9 Å². The number of anilines is 1. The molecule has 1 heterocycles. The summed E-state index contributed by atoms with van der Waals surface area (Å²) in [6, 6.07) is 4.88. The summed E-state index contributed by atoms with van der Waals surface area (Å²) in [6.07, 6.45) is -0.304. The van der Waals surface area contributed by atoms with Crippen LogP contribution in [-0.2, 0) is 16.0 Å². The summed E-state index contributed by atoms with van der Waals surface area (Å²) >= 11 is 0. The van der Waals surface area contributed by atoms with Crippen LogP contribution in [0.25, 0.3) is 0 Å². The molecule has 0 spiro atoms. The number of benzene rings is 1.